The number of rotatable bonds is 5. The molecule has 1 aliphatic heterocycles. The Morgan fingerprint density at radius 2 is 2.08 bits per heavy atom. The summed E-state index contributed by atoms with van der Waals surface area (Å²) in [4.78, 5) is 26.1. The molecule has 3 rings (SSSR count). The Balaban J connectivity index is 1.59. The predicted octanol–water partition coefficient (Wildman–Crippen LogP) is 2.43. The second-order valence-electron chi connectivity index (χ2n) is 6.23. The number of piperidine rings is 1. The fourth-order valence-corrected chi connectivity index (χ4v) is 3.92. The predicted molar refractivity (Wildman–Crippen MR) is 90.4 cm³/mol. The van der Waals surface area contributed by atoms with E-state index in [0.717, 1.165) is 17.3 Å². The lowest BCUT2D eigenvalue weighted by molar-refractivity contribution is -0.114. The summed E-state index contributed by atoms with van der Waals surface area (Å²) in [5.41, 5.74) is 0. The number of carbonyl (C=O) groups is 1. The number of hydrogen-bond acceptors (Lipinski definition) is 6. The Morgan fingerprint density at radius 1 is 1.32 bits per heavy atom. The van der Waals surface area contributed by atoms with Crippen LogP contribution in [0.15, 0.2) is 18.6 Å². The highest BCUT2D eigenvalue weighted by atomic mass is 32.1. The summed E-state index contributed by atoms with van der Waals surface area (Å²) in [5, 5.41) is 3.19. The first-order chi connectivity index (χ1) is 12.0. The lowest BCUT2D eigenvalue weighted by Gasteiger charge is -2.34. The lowest BCUT2D eigenvalue weighted by Crippen LogP contribution is -2.41. The Morgan fingerprint density at radius 3 is 2.80 bits per heavy atom. The highest BCUT2D eigenvalue weighted by Crippen LogP contribution is 2.26. The van der Waals surface area contributed by atoms with Gasteiger partial charge in [0.15, 0.2) is 10.9 Å². The van der Waals surface area contributed by atoms with E-state index in [1.807, 2.05) is 4.90 Å². The molecule has 0 radical (unpaired) electrons. The van der Waals surface area contributed by atoms with Crippen LogP contribution in [0, 0.1) is 11.7 Å². The summed E-state index contributed by atoms with van der Waals surface area (Å²) < 4.78 is 27.0. The van der Waals surface area contributed by atoms with Crippen molar-refractivity contribution < 1.29 is 13.6 Å². The van der Waals surface area contributed by atoms with E-state index in [4.69, 9.17) is 0 Å². The van der Waals surface area contributed by atoms with E-state index in [2.05, 4.69) is 20.3 Å². The van der Waals surface area contributed by atoms with Crippen LogP contribution >= 0.6 is 11.3 Å². The molecule has 1 fully saturated rings. The van der Waals surface area contributed by atoms with Crippen LogP contribution in [0.3, 0.4) is 0 Å². The summed E-state index contributed by atoms with van der Waals surface area (Å²) >= 11 is 1.39. The van der Waals surface area contributed by atoms with Gasteiger partial charge in [0.25, 0.3) is 0 Å². The molecule has 0 aromatic carbocycles. The van der Waals surface area contributed by atoms with Gasteiger partial charge in [-0.1, -0.05) is 0 Å². The van der Waals surface area contributed by atoms with Crippen molar-refractivity contribution in [3.8, 4) is 0 Å². The van der Waals surface area contributed by atoms with Gasteiger partial charge >= 0.3 is 0 Å². The number of likely N-dealkylation sites (tertiary alicyclic amines) is 1. The van der Waals surface area contributed by atoms with E-state index in [9.17, 15) is 13.6 Å². The highest BCUT2D eigenvalue weighted by Gasteiger charge is 2.28. The van der Waals surface area contributed by atoms with Crippen molar-refractivity contribution >= 4 is 22.4 Å². The SMILES string of the molecule is CC(=O)Nc1ncc(CN2CC(F)CC(Cc3ncc(F)cn3)C2)s1. The number of nitrogens with one attached hydrogen (secondary N) is 1. The summed E-state index contributed by atoms with van der Waals surface area (Å²) in [6.45, 7) is 3.10. The third-order valence-electron chi connectivity index (χ3n) is 3.92. The number of anilines is 1. The van der Waals surface area contributed by atoms with Gasteiger partial charge in [0.2, 0.25) is 5.91 Å². The molecule has 25 heavy (non-hydrogen) atoms. The van der Waals surface area contributed by atoms with E-state index in [0.29, 0.717) is 43.4 Å². The lowest BCUT2D eigenvalue weighted by atomic mass is 9.93. The summed E-state index contributed by atoms with van der Waals surface area (Å²) in [6.07, 6.45) is 4.04. The molecule has 0 aliphatic carbocycles. The first-order valence-corrected chi connectivity index (χ1v) is 8.84. The third kappa shape index (κ3) is 5.23. The molecule has 1 aliphatic rings. The number of thiazole rings is 1. The maximum absolute atomic E-state index is 14.1. The molecule has 2 unspecified atom stereocenters. The van der Waals surface area contributed by atoms with Crippen molar-refractivity contribution in [3.63, 3.8) is 0 Å². The van der Waals surface area contributed by atoms with Crippen LogP contribution in [-0.4, -0.2) is 45.0 Å². The van der Waals surface area contributed by atoms with E-state index in [1.165, 1.54) is 18.3 Å². The summed E-state index contributed by atoms with van der Waals surface area (Å²) in [6, 6.07) is 0. The van der Waals surface area contributed by atoms with Gasteiger partial charge < -0.3 is 5.32 Å². The molecule has 0 saturated carbocycles. The van der Waals surface area contributed by atoms with Gasteiger partial charge in [-0.15, -0.1) is 11.3 Å². The Hall–Kier alpha value is -2.00. The molecule has 2 aromatic rings. The Labute approximate surface area is 148 Å². The molecule has 3 heterocycles. The van der Waals surface area contributed by atoms with Crippen LogP contribution < -0.4 is 5.32 Å². The Kier molecular flexibility index (Phi) is 5.64. The van der Waals surface area contributed by atoms with Gasteiger partial charge in [-0.25, -0.2) is 23.7 Å². The van der Waals surface area contributed by atoms with Crippen LogP contribution in [0.5, 0.6) is 0 Å². The highest BCUT2D eigenvalue weighted by molar-refractivity contribution is 7.15. The van der Waals surface area contributed by atoms with Crippen molar-refractivity contribution in [2.45, 2.75) is 32.5 Å². The van der Waals surface area contributed by atoms with Crippen LogP contribution in [0.1, 0.15) is 24.0 Å². The molecule has 134 valence electrons. The number of amides is 1. The van der Waals surface area contributed by atoms with Gasteiger partial charge in [0.1, 0.15) is 12.0 Å². The minimum absolute atomic E-state index is 0.0805. The minimum atomic E-state index is -0.915. The number of nitrogens with zero attached hydrogens (tertiary/aromatic N) is 4. The molecule has 0 bridgehead atoms. The van der Waals surface area contributed by atoms with Crippen molar-refractivity contribution in [2.24, 2.45) is 5.92 Å². The largest absolute Gasteiger partial charge is 0.302 e. The smallest absolute Gasteiger partial charge is 0.223 e. The minimum Gasteiger partial charge on any atom is -0.302 e. The quantitative estimate of drug-likeness (QED) is 0.879. The van der Waals surface area contributed by atoms with E-state index in [-0.39, 0.29) is 11.8 Å². The van der Waals surface area contributed by atoms with E-state index in [1.54, 1.807) is 6.20 Å². The normalized spacial score (nSPS) is 21.2. The number of aromatic nitrogens is 3. The monoisotopic (exact) mass is 367 g/mol. The summed E-state index contributed by atoms with van der Waals surface area (Å²) in [5.74, 6) is -0.0252. The first-order valence-electron chi connectivity index (χ1n) is 8.03. The second kappa shape index (κ2) is 7.92. The molecule has 1 N–H and O–H groups in total. The maximum atomic E-state index is 14.1. The number of halogens is 2. The molecular weight excluding hydrogens is 348 g/mol. The first kappa shape index (κ1) is 17.8. The zero-order valence-corrected chi connectivity index (χ0v) is 14.6. The topological polar surface area (TPSA) is 71.0 Å². The summed E-state index contributed by atoms with van der Waals surface area (Å²) in [7, 11) is 0. The van der Waals surface area contributed by atoms with Gasteiger partial charge in [0, 0.05) is 44.1 Å². The van der Waals surface area contributed by atoms with Crippen LogP contribution in [0.25, 0.3) is 0 Å². The number of hydrogen-bond donors (Lipinski definition) is 1. The van der Waals surface area contributed by atoms with Crippen molar-refractivity contribution in [1.29, 1.82) is 0 Å². The molecule has 2 atom stereocenters. The number of carbonyl (C=O) groups excluding carboxylic acids is 1. The van der Waals surface area contributed by atoms with Crippen molar-refractivity contribution in [1.82, 2.24) is 19.9 Å². The zero-order chi connectivity index (χ0) is 17.8. The molecule has 1 saturated heterocycles. The molecule has 9 heteroatoms. The van der Waals surface area contributed by atoms with Gasteiger partial charge in [-0.2, -0.15) is 0 Å². The standard InChI is InChI=1S/C16H19F2N5OS/c1-10(24)22-16-21-6-14(25-16)9-23-7-11(2-12(17)8-23)3-15-19-4-13(18)5-20-15/h4-6,11-12H,2-3,7-9H2,1H3,(H,21,22,24). The van der Waals surface area contributed by atoms with Crippen LogP contribution in [-0.2, 0) is 17.8 Å². The third-order valence-corrected chi connectivity index (χ3v) is 4.82. The number of alkyl halides is 1. The zero-order valence-electron chi connectivity index (χ0n) is 13.8. The average molecular weight is 367 g/mol. The molecule has 1 amide bonds. The molecule has 2 aromatic heterocycles. The molecular formula is C16H19F2N5OS. The van der Waals surface area contributed by atoms with Gasteiger partial charge in [0.05, 0.1) is 12.4 Å². The fraction of sp³-hybridized carbons (Fsp3) is 0.500. The van der Waals surface area contributed by atoms with Crippen LogP contribution in [0.4, 0.5) is 13.9 Å². The van der Waals surface area contributed by atoms with E-state index < -0.39 is 12.0 Å². The van der Waals surface area contributed by atoms with Crippen molar-refractivity contribution in [3.05, 3.63) is 35.1 Å². The van der Waals surface area contributed by atoms with E-state index >= 15 is 0 Å². The molecule has 6 nitrogen and oxygen atoms in total. The maximum Gasteiger partial charge on any atom is 0.223 e. The van der Waals surface area contributed by atoms with Crippen LogP contribution in [0.2, 0.25) is 0 Å². The second-order valence-corrected chi connectivity index (χ2v) is 7.34. The van der Waals surface area contributed by atoms with Gasteiger partial charge in [-0.3, -0.25) is 9.69 Å². The van der Waals surface area contributed by atoms with Crippen molar-refractivity contribution in [2.75, 3.05) is 18.4 Å². The molecule has 0 spiro atoms. The Bertz CT molecular complexity index is 724. The fourth-order valence-electron chi connectivity index (χ4n) is 3.02. The van der Waals surface area contributed by atoms with Gasteiger partial charge in [-0.05, 0) is 12.3 Å². The average Bonchev–Trinajstić information content (AvgIpc) is 2.95.